The summed E-state index contributed by atoms with van der Waals surface area (Å²) in [5.41, 5.74) is 12.5. The van der Waals surface area contributed by atoms with Gasteiger partial charge in [0.05, 0.1) is 0 Å². The van der Waals surface area contributed by atoms with Gasteiger partial charge in [0.2, 0.25) is 0 Å². The molecule has 0 unspecified atom stereocenters. The number of nitrogens with zero attached hydrogens (tertiary/aromatic N) is 1. The number of oxime groups is 1. The van der Waals surface area contributed by atoms with Gasteiger partial charge < -0.3 is 16.7 Å². The van der Waals surface area contributed by atoms with Gasteiger partial charge in [-0.25, -0.2) is 0 Å². The number of anilines is 1. The molecule has 4 nitrogen and oxygen atoms in total. The Morgan fingerprint density at radius 2 is 2.25 bits per heavy atom. The van der Waals surface area contributed by atoms with Crippen LogP contribution in [-0.4, -0.2) is 11.0 Å². The first-order chi connectivity index (χ1) is 5.72. The van der Waals surface area contributed by atoms with E-state index in [2.05, 4.69) is 5.16 Å². The van der Waals surface area contributed by atoms with Crippen LogP contribution in [0.4, 0.5) is 5.69 Å². The van der Waals surface area contributed by atoms with E-state index in [1.165, 1.54) is 0 Å². The molecule has 0 saturated carbocycles. The number of hydrogen-bond acceptors (Lipinski definition) is 3. The van der Waals surface area contributed by atoms with Crippen LogP contribution in [0.2, 0.25) is 0 Å². The van der Waals surface area contributed by atoms with E-state index in [-0.39, 0.29) is 5.84 Å². The van der Waals surface area contributed by atoms with Crippen LogP contribution < -0.4 is 11.5 Å². The van der Waals surface area contributed by atoms with E-state index in [0.717, 1.165) is 5.56 Å². The molecular formula is C8H11N3O. The van der Waals surface area contributed by atoms with Crippen LogP contribution in [0, 0.1) is 0 Å². The van der Waals surface area contributed by atoms with Crippen LogP contribution in [-0.2, 0) is 6.42 Å². The average molecular weight is 165 g/mol. The van der Waals surface area contributed by atoms with E-state index in [1.807, 2.05) is 12.1 Å². The standard InChI is InChI=1S/C8H11N3O/c9-7-3-1-2-6(4-7)5-8(10)11-12/h1-4,12H,5,9H2,(H2,10,11). The van der Waals surface area contributed by atoms with Crippen LogP contribution in [0.3, 0.4) is 0 Å². The van der Waals surface area contributed by atoms with E-state index in [1.54, 1.807) is 12.1 Å². The minimum atomic E-state index is 0.181. The number of benzene rings is 1. The number of rotatable bonds is 2. The van der Waals surface area contributed by atoms with Gasteiger partial charge in [-0.2, -0.15) is 0 Å². The smallest absolute Gasteiger partial charge is 0.143 e. The highest BCUT2D eigenvalue weighted by atomic mass is 16.4. The molecule has 64 valence electrons. The van der Waals surface area contributed by atoms with Gasteiger partial charge in [-0.1, -0.05) is 17.3 Å². The minimum Gasteiger partial charge on any atom is -0.409 e. The number of hydrogen-bond donors (Lipinski definition) is 3. The number of nitrogen functional groups attached to an aromatic ring is 1. The zero-order valence-corrected chi connectivity index (χ0v) is 6.57. The third-order valence-corrected chi connectivity index (χ3v) is 1.46. The summed E-state index contributed by atoms with van der Waals surface area (Å²) in [5, 5.41) is 11.2. The van der Waals surface area contributed by atoms with E-state index in [9.17, 15) is 0 Å². The van der Waals surface area contributed by atoms with Gasteiger partial charge in [-0.3, -0.25) is 0 Å². The van der Waals surface area contributed by atoms with Crippen LogP contribution in [0.25, 0.3) is 0 Å². The van der Waals surface area contributed by atoms with Gasteiger partial charge in [0.15, 0.2) is 0 Å². The Kier molecular flexibility index (Phi) is 2.53. The summed E-state index contributed by atoms with van der Waals surface area (Å²) in [5.74, 6) is 0.181. The molecule has 0 aromatic heterocycles. The third kappa shape index (κ3) is 2.16. The maximum atomic E-state index is 8.30. The monoisotopic (exact) mass is 165 g/mol. The largest absolute Gasteiger partial charge is 0.409 e. The van der Waals surface area contributed by atoms with Gasteiger partial charge in [-0.05, 0) is 17.7 Å². The molecule has 0 aliphatic rings. The summed E-state index contributed by atoms with van der Waals surface area (Å²) in [6, 6.07) is 7.28. The molecule has 4 heteroatoms. The van der Waals surface area contributed by atoms with Gasteiger partial charge >= 0.3 is 0 Å². The second-order valence-corrected chi connectivity index (χ2v) is 2.51. The van der Waals surface area contributed by atoms with E-state index in [0.29, 0.717) is 12.1 Å². The second kappa shape index (κ2) is 3.61. The molecule has 0 radical (unpaired) electrons. The summed E-state index contributed by atoms with van der Waals surface area (Å²) in [6.45, 7) is 0. The van der Waals surface area contributed by atoms with Crippen LogP contribution in [0.5, 0.6) is 0 Å². The normalized spacial score (nSPS) is 11.5. The van der Waals surface area contributed by atoms with Gasteiger partial charge in [0, 0.05) is 12.1 Å². The third-order valence-electron chi connectivity index (χ3n) is 1.46. The van der Waals surface area contributed by atoms with Crippen LogP contribution >= 0.6 is 0 Å². The highest BCUT2D eigenvalue weighted by molar-refractivity contribution is 5.82. The van der Waals surface area contributed by atoms with Gasteiger partial charge in [0.25, 0.3) is 0 Å². The van der Waals surface area contributed by atoms with Crippen molar-refractivity contribution in [1.82, 2.24) is 0 Å². The molecule has 0 fully saturated rings. The molecule has 12 heavy (non-hydrogen) atoms. The van der Waals surface area contributed by atoms with Gasteiger partial charge in [0.1, 0.15) is 5.84 Å². The first-order valence-corrected chi connectivity index (χ1v) is 3.53. The van der Waals surface area contributed by atoms with Crippen molar-refractivity contribution < 1.29 is 5.21 Å². The maximum absolute atomic E-state index is 8.30. The van der Waals surface area contributed by atoms with Crippen molar-refractivity contribution in [3.63, 3.8) is 0 Å². The molecule has 5 N–H and O–H groups in total. The molecule has 1 rings (SSSR count). The molecule has 0 saturated heterocycles. The Morgan fingerprint density at radius 3 is 2.83 bits per heavy atom. The lowest BCUT2D eigenvalue weighted by Gasteiger charge is -1.99. The lowest BCUT2D eigenvalue weighted by molar-refractivity contribution is 0.317. The van der Waals surface area contributed by atoms with Crippen molar-refractivity contribution in [2.24, 2.45) is 10.9 Å². The summed E-state index contributed by atoms with van der Waals surface area (Å²) >= 11 is 0. The van der Waals surface area contributed by atoms with Crippen LogP contribution in [0.1, 0.15) is 5.56 Å². The SMILES string of the molecule is N/C(Cc1cccc(N)c1)=N/O. The average Bonchev–Trinajstić information content (AvgIpc) is 2.04. The molecule has 1 aromatic rings. The quantitative estimate of drug-likeness (QED) is 0.197. The fourth-order valence-corrected chi connectivity index (χ4v) is 0.948. The first-order valence-electron chi connectivity index (χ1n) is 3.53. The van der Waals surface area contributed by atoms with Crippen molar-refractivity contribution >= 4 is 11.5 Å². The zero-order valence-electron chi connectivity index (χ0n) is 6.57. The zero-order chi connectivity index (χ0) is 8.97. The lowest BCUT2D eigenvalue weighted by atomic mass is 10.1. The molecule has 0 amide bonds. The molecule has 0 heterocycles. The molecular weight excluding hydrogens is 154 g/mol. The number of nitrogens with two attached hydrogens (primary N) is 2. The lowest BCUT2D eigenvalue weighted by Crippen LogP contribution is -2.14. The summed E-state index contributed by atoms with van der Waals surface area (Å²) in [6.07, 6.45) is 0.418. The second-order valence-electron chi connectivity index (χ2n) is 2.51. The predicted octanol–water partition coefficient (Wildman–Crippen LogP) is 0.558. The van der Waals surface area contributed by atoms with E-state index >= 15 is 0 Å². The highest BCUT2D eigenvalue weighted by Gasteiger charge is 1.96. The predicted molar refractivity (Wildman–Crippen MR) is 48.0 cm³/mol. The van der Waals surface area contributed by atoms with Crippen molar-refractivity contribution in [1.29, 1.82) is 0 Å². The molecule has 0 aliphatic carbocycles. The fraction of sp³-hybridized carbons (Fsp3) is 0.125. The minimum absolute atomic E-state index is 0.181. The Bertz CT molecular complexity index is 296. The Labute approximate surface area is 70.5 Å². The van der Waals surface area contributed by atoms with E-state index in [4.69, 9.17) is 16.7 Å². The fourth-order valence-electron chi connectivity index (χ4n) is 0.948. The Balaban J connectivity index is 2.76. The maximum Gasteiger partial charge on any atom is 0.143 e. The van der Waals surface area contributed by atoms with Crippen LogP contribution in [0.15, 0.2) is 29.4 Å². The number of amidine groups is 1. The van der Waals surface area contributed by atoms with Gasteiger partial charge in [-0.15, -0.1) is 0 Å². The summed E-state index contributed by atoms with van der Waals surface area (Å²) in [4.78, 5) is 0. The molecule has 0 aliphatic heterocycles. The summed E-state index contributed by atoms with van der Waals surface area (Å²) in [7, 11) is 0. The first kappa shape index (κ1) is 8.39. The Morgan fingerprint density at radius 1 is 1.50 bits per heavy atom. The molecule has 0 spiro atoms. The topological polar surface area (TPSA) is 84.6 Å². The van der Waals surface area contributed by atoms with Crippen molar-refractivity contribution in [2.45, 2.75) is 6.42 Å². The molecule has 1 aromatic carbocycles. The van der Waals surface area contributed by atoms with Crippen molar-refractivity contribution in [3.8, 4) is 0 Å². The van der Waals surface area contributed by atoms with E-state index < -0.39 is 0 Å². The van der Waals surface area contributed by atoms with Crippen molar-refractivity contribution in [3.05, 3.63) is 29.8 Å². The van der Waals surface area contributed by atoms with Crippen molar-refractivity contribution in [2.75, 3.05) is 5.73 Å². The highest BCUT2D eigenvalue weighted by Crippen LogP contribution is 2.06. The Hall–Kier alpha value is -1.71. The molecule has 0 atom stereocenters. The molecule has 0 bridgehead atoms. The summed E-state index contributed by atoms with van der Waals surface area (Å²) < 4.78 is 0.